The lowest BCUT2D eigenvalue weighted by atomic mass is 10.0. The highest BCUT2D eigenvalue weighted by Crippen LogP contribution is 2.25. The van der Waals surface area contributed by atoms with Crippen molar-refractivity contribution in [3.63, 3.8) is 0 Å². The van der Waals surface area contributed by atoms with E-state index < -0.39 is 10.0 Å². The van der Waals surface area contributed by atoms with Crippen molar-refractivity contribution in [1.82, 2.24) is 14.5 Å². The van der Waals surface area contributed by atoms with Crippen molar-refractivity contribution < 1.29 is 22.4 Å². The van der Waals surface area contributed by atoms with Crippen molar-refractivity contribution in [3.8, 4) is 0 Å². The number of hydrogen-bond acceptors (Lipinski definition) is 5. The van der Waals surface area contributed by atoms with Crippen LogP contribution in [0.2, 0.25) is 0 Å². The Bertz CT molecular complexity index is 1040. The van der Waals surface area contributed by atoms with Crippen molar-refractivity contribution in [2.75, 3.05) is 19.6 Å². The van der Waals surface area contributed by atoms with Crippen molar-refractivity contribution in [2.24, 2.45) is 0 Å². The van der Waals surface area contributed by atoms with E-state index in [1.54, 1.807) is 33.5 Å². The number of carbonyl (C=O) groups is 2. The van der Waals surface area contributed by atoms with Crippen LogP contribution in [0.4, 0.5) is 0 Å². The van der Waals surface area contributed by atoms with Gasteiger partial charge in [-0.15, -0.1) is 0 Å². The quantitative estimate of drug-likeness (QED) is 0.741. The van der Waals surface area contributed by atoms with Gasteiger partial charge in [0.25, 0.3) is 11.8 Å². The summed E-state index contributed by atoms with van der Waals surface area (Å²) in [7, 11) is -3.56. The van der Waals surface area contributed by atoms with Gasteiger partial charge in [-0.3, -0.25) is 9.59 Å². The first kappa shape index (κ1) is 22.5. The molecule has 9 heteroatoms. The average molecular weight is 460 g/mol. The minimum Gasteiger partial charge on any atom is -0.459 e. The molecule has 1 N–H and O–H groups in total. The zero-order valence-electron chi connectivity index (χ0n) is 18.2. The molecule has 2 aromatic rings. The molecule has 0 spiro atoms. The normalized spacial score (nSPS) is 20.8. The number of hydrogen-bond donors (Lipinski definition) is 1. The zero-order valence-corrected chi connectivity index (χ0v) is 19.0. The van der Waals surface area contributed by atoms with Gasteiger partial charge in [0.15, 0.2) is 5.76 Å². The summed E-state index contributed by atoms with van der Waals surface area (Å²) in [5, 5.41) is 3.00. The van der Waals surface area contributed by atoms with Gasteiger partial charge in [-0.2, -0.15) is 4.31 Å². The lowest BCUT2D eigenvalue weighted by Crippen LogP contribution is -2.46. The van der Waals surface area contributed by atoms with Crippen LogP contribution in [0.1, 0.15) is 59.9 Å². The Labute approximate surface area is 188 Å². The molecule has 3 heterocycles. The fourth-order valence-corrected chi connectivity index (χ4v) is 6.09. The number of nitrogens with zero attached hydrogens (tertiary/aromatic N) is 2. The Kier molecular flexibility index (Phi) is 6.66. The molecule has 2 aliphatic heterocycles. The Hall–Kier alpha value is -2.65. The fourth-order valence-electron chi connectivity index (χ4n) is 4.39. The van der Waals surface area contributed by atoms with E-state index in [1.165, 1.54) is 18.4 Å². The van der Waals surface area contributed by atoms with Gasteiger partial charge >= 0.3 is 0 Å². The van der Waals surface area contributed by atoms with Crippen molar-refractivity contribution >= 4 is 21.8 Å². The van der Waals surface area contributed by atoms with Crippen LogP contribution in [0.3, 0.4) is 0 Å². The van der Waals surface area contributed by atoms with E-state index in [9.17, 15) is 18.0 Å². The number of furan rings is 1. The maximum absolute atomic E-state index is 13.0. The lowest BCUT2D eigenvalue weighted by Gasteiger charge is -2.32. The van der Waals surface area contributed by atoms with Gasteiger partial charge in [0, 0.05) is 37.3 Å². The van der Waals surface area contributed by atoms with Gasteiger partial charge in [-0.1, -0.05) is 6.42 Å². The molecule has 2 amide bonds. The topological polar surface area (TPSA) is 99.9 Å². The first-order valence-electron chi connectivity index (χ1n) is 11.1. The van der Waals surface area contributed by atoms with Crippen molar-refractivity contribution in [3.05, 3.63) is 54.0 Å². The number of carbonyl (C=O) groups excluding carboxylic acids is 2. The third kappa shape index (κ3) is 4.73. The van der Waals surface area contributed by atoms with E-state index >= 15 is 0 Å². The SMILES string of the molecule is CC1CCCCN1S(=O)(=O)c1ccc(C(=O)NC2CCN(C(=O)c3ccco3)CC2)cc1. The number of piperidine rings is 2. The minimum atomic E-state index is -3.56. The standard InChI is InChI=1S/C23H29N3O5S/c1-17-5-2-3-13-26(17)32(29,30)20-9-7-18(8-10-20)22(27)24-19-11-14-25(15-12-19)23(28)21-6-4-16-31-21/h4,6-10,16-17,19H,2-3,5,11-15H2,1H3,(H,24,27). The number of amides is 2. The molecule has 2 fully saturated rings. The summed E-state index contributed by atoms with van der Waals surface area (Å²) in [5.74, 6) is -0.0582. The smallest absolute Gasteiger partial charge is 0.289 e. The van der Waals surface area contributed by atoms with E-state index in [0.29, 0.717) is 43.8 Å². The predicted octanol–water partition coefficient (Wildman–Crippen LogP) is 2.88. The average Bonchev–Trinajstić information content (AvgIpc) is 3.34. The van der Waals surface area contributed by atoms with E-state index in [-0.39, 0.29) is 28.8 Å². The molecule has 8 nitrogen and oxygen atoms in total. The summed E-state index contributed by atoms with van der Waals surface area (Å²) in [6.45, 7) is 3.55. The molecule has 1 unspecified atom stereocenters. The molecule has 1 atom stereocenters. The Morgan fingerprint density at radius 2 is 1.72 bits per heavy atom. The van der Waals surface area contributed by atoms with Crippen LogP contribution in [0.15, 0.2) is 52.0 Å². The Morgan fingerprint density at radius 3 is 2.34 bits per heavy atom. The highest BCUT2D eigenvalue weighted by atomic mass is 32.2. The van der Waals surface area contributed by atoms with Crippen LogP contribution in [0.25, 0.3) is 0 Å². The highest BCUT2D eigenvalue weighted by Gasteiger charge is 2.31. The van der Waals surface area contributed by atoms with Crippen LogP contribution in [-0.4, -0.2) is 61.2 Å². The van der Waals surface area contributed by atoms with Crippen molar-refractivity contribution in [2.45, 2.75) is 56.0 Å². The molecule has 172 valence electrons. The van der Waals surface area contributed by atoms with Gasteiger partial charge in [0.2, 0.25) is 10.0 Å². The maximum Gasteiger partial charge on any atom is 0.289 e. The number of benzene rings is 1. The van der Waals surface area contributed by atoms with E-state index in [4.69, 9.17) is 4.42 Å². The van der Waals surface area contributed by atoms with Gasteiger partial charge in [0.05, 0.1) is 11.2 Å². The zero-order chi connectivity index (χ0) is 22.7. The van der Waals surface area contributed by atoms with Gasteiger partial charge in [0.1, 0.15) is 0 Å². The first-order valence-corrected chi connectivity index (χ1v) is 12.6. The summed E-state index contributed by atoms with van der Waals surface area (Å²) in [4.78, 5) is 27.0. The molecule has 4 rings (SSSR count). The maximum atomic E-state index is 13.0. The van der Waals surface area contributed by atoms with Crippen LogP contribution < -0.4 is 5.32 Å². The predicted molar refractivity (Wildman–Crippen MR) is 119 cm³/mol. The number of sulfonamides is 1. The minimum absolute atomic E-state index is 0.0118. The number of likely N-dealkylation sites (tertiary alicyclic amines) is 1. The van der Waals surface area contributed by atoms with Gasteiger partial charge < -0.3 is 14.6 Å². The monoisotopic (exact) mass is 459 g/mol. The first-order chi connectivity index (χ1) is 15.4. The molecular weight excluding hydrogens is 430 g/mol. The summed E-state index contributed by atoms with van der Waals surface area (Å²) in [6, 6.07) is 9.42. The number of rotatable bonds is 5. The molecule has 2 saturated heterocycles. The Morgan fingerprint density at radius 1 is 1.00 bits per heavy atom. The largest absolute Gasteiger partial charge is 0.459 e. The molecule has 1 aromatic carbocycles. The molecular formula is C23H29N3O5S. The summed E-state index contributed by atoms with van der Waals surface area (Å²) >= 11 is 0. The second-order valence-electron chi connectivity index (χ2n) is 8.50. The van der Waals surface area contributed by atoms with Crippen LogP contribution in [-0.2, 0) is 10.0 Å². The lowest BCUT2D eigenvalue weighted by molar-refractivity contribution is 0.0667. The van der Waals surface area contributed by atoms with E-state index in [1.807, 2.05) is 6.92 Å². The highest BCUT2D eigenvalue weighted by molar-refractivity contribution is 7.89. The summed E-state index contributed by atoms with van der Waals surface area (Å²) < 4.78 is 32.6. The molecule has 0 saturated carbocycles. The molecule has 0 radical (unpaired) electrons. The summed E-state index contributed by atoms with van der Waals surface area (Å²) in [6.07, 6.45) is 5.56. The second kappa shape index (κ2) is 9.46. The van der Waals surface area contributed by atoms with Crippen LogP contribution in [0, 0.1) is 0 Å². The molecule has 0 aliphatic carbocycles. The molecule has 0 bridgehead atoms. The third-order valence-electron chi connectivity index (χ3n) is 6.31. The third-order valence-corrected chi connectivity index (χ3v) is 8.34. The molecule has 2 aliphatic rings. The Balaban J connectivity index is 1.33. The molecule has 32 heavy (non-hydrogen) atoms. The second-order valence-corrected chi connectivity index (χ2v) is 10.4. The number of nitrogens with one attached hydrogen (secondary N) is 1. The van der Waals surface area contributed by atoms with Gasteiger partial charge in [-0.25, -0.2) is 8.42 Å². The molecule has 1 aromatic heterocycles. The van der Waals surface area contributed by atoms with E-state index in [2.05, 4.69) is 5.32 Å². The van der Waals surface area contributed by atoms with Crippen LogP contribution >= 0.6 is 0 Å². The van der Waals surface area contributed by atoms with Gasteiger partial charge in [-0.05, 0) is 69.0 Å². The van der Waals surface area contributed by atoms with E-state index in [0.717, 1.165) is 19.3 Å². The van der Waals surface area contributed by atoms with Crippen molar-refractivity contribution in [1.29, 1.82) is 0 Å². The summed E-state index contributed by atoms with van der Waals surface area (Å²) in [5.41, 5.74) is 0.421. The van der Waals surface area contributed by atoms with Crippen LogP contribution in [0.5, 0.6) is 0 Å². The fraction of sp³-hybridized carbons (Fsp3) is 0.478.